The first-order valence-electron chi connectivity index (χ1n) is 10.8. The fourth-order valence-electron chi connectivity index (χ4n) is 3.71. The molecule has 2 heterocycles. The SMILES string of the molecule is Cc1ccc(S(=O)(=O)NCc2ccccc2)cc1C(=O)N1CCN(C(=O)c2cnccn2)CC1. The Hall–Kier alpha value is -3.63. The van der Waals surface area contributed by atoms with Gasteiger partial charge in [-0.3, -0.25) is 14.6 Å². The summed E-state index contributed by atoms with van der Waals surface area (Å²) in [5.41, 5.74) is 2.11. The maximum atomic E-state index is 13.2. The van der Waals surface area contributed by atoms with Gasteiger partial charge in [0.1, 0.15) is 5.69 Å². The van der Waals surface area contributed by atoms with Gasteiger partial charge in [0.05, 0.1) is 11.1 Å². The van der Waals surface area contributed by atoms with E-state index < -0.39 is 10.0 Å². The molecule has 9 nitrogen and oxygen atoms in total. The zero-order valence-corrected chi connectivity index (χ0v) is 19.5. The van der Waals surface area contributed by atoms with Crippen LogP contribution in [-0.2, 0) is 16.6 Å². The highest BCUT2D eigenvalue weighted by molar-refractivity contribution is 7.89. The van der Waals surface area contributed by atoms with Crippen LogP contribution in [0.4, 0.5) is 0 Å². The third-order valence-corrected chi connectivity index (χ3v) is 7.09. The van der Waals surface area contributed by atoms with Crippen LogP contribution in [0.2, 0.25) is 0 Å². The van der Waals surface area contributed by atoms with E-state index in [0.717, 1.165) is 5.56 Å². The highest BCUT2D eigenvalue weighted by atomic mass is 32.2. The van der Waals surface area contributed by atoms with E-state index in [4.69, 9.17) is 0 Å². The van der Waals surface area contributed by atoms with Gasteiger partial charge in [0, 0.05) is 50.7 Å². The van der Waals surface area contributed by atoms with E-state index in [1.807, 2.05) is 30.3 Å². The van der Waals surface area contributed by atoms with Crippen LogP contribution in [0.3, 0.4) is 0 Å². The van der Waals surface area contributed by atoms with Crippen molar-refractivity contribution in [3.63, 3.8) is 0 Å². The van der Waals surface area contributed by atoms with Gasteiger partial charge in [-0.25, -0.2) is 18.1 Å². The van der Waals surface area contributed by atoms with Crippen LogP contribution in [0.1, 0.15) is 32.0 Å². The summed E-state index contributed by atoms with van der Waals surface area (Å²) < 4.78 is 28.2. The average Bonchev–Trinajstić information content (AvgIpc) is 2.88. The second-order valence-corrected chi connectivity index (χ2v) is 9.73. The Bertz CT molecular complexity index is 1280. The number of carbonyl (C=O) groups is 2. The van der Waals surface area contributed by atoms with E-state index in [2.05, 4.69) is 14.7 Å². The molecule has 2 aromatic carbocycles. The maximum Gasteiger partial charge on any atom is 0.274 e. The second kappa shape index (κ2) is 10.1. The topological polar surface area (TPSA) is 113 Å². The Morgan fingerprint density at radius 2 is 1.62 bits per heavy atom. The lowest BCUT2D eigenvalue weighted by atomic mass is 10.1. The molecule has 1 aliphatic rings. The van der Waals surface area contributed by atoms with Gasteiger partial charge in [-0.05, 0) is 30.2 Å². The van der Waals surface area contributed by atoms with Gasteiger partial charge in [-0.2, -0.15) is 0 Å². The lowest BCUT2D eigenvalue weighted by Gasteiger charge is -2.34. The van der Waals surface area contributed by atoms with E-state index in [1.54, 1.807) is 22.8 Å². The molecule has 3 aromatic rings. The molecule has 0 atom stereocenters. The zero-order chi connectivity index (χ0) is 24.1. The van der Waals surface area contributed by atoms with Crippen molar-refractivity contribution < 1.29 is 18.0 Å². The van der Waals surface area contributed by atoms with E-state index in [0.29, 0.717) is 37.3 Å². The molecule has 0 saturated carbocycles. The van der Waals surface area contributed by atoms with Gasteiger partial charge < -0.3 is 9.80 Å². The van der Waals surface area contributed by atoms with E-state index >= 15 is 0 Å². The van der Waals surface area contributed by atoms with E-state index in [1.165, 1.54) is 30.7 Å². The maximum absolute atomic E-state index is 13.2. The second-order valence-electron chi connectivity index (χ2n) is 7.96. The van der Waals surface area contributed by atoms with E-state index in [-0.39, 0.29) is 28.9 Å². The van der Waals surface area contributed by atoms with Crippen molar-refractivity contribution in [3.05, 3.63) is 89.5 Å². The number of hydrogen-bond acceptors (Lipinski definition) is 6. The first kappa shape index (κ1) is 23.5. The van der Waals surface area contributed by atoms with Gasteiger partial charge >= 0.3 is 0 Å². The van der Waals surface area contributed by atoms with Crippen molar-refractivity contribution in [2.24, 2.45) is 0 Å². The van der Waals surface area contributed by atoms with Crippen molar-refractivity contribution in [2.75, 3.05) is 26.2 Å². The zero-order valence-electron chi connectivity index (χ0n) is 18.7. The smallest absolute Gasteiger partial charge is 0.274 e. The molecule has 1 saturated heterocycles. The molecule has 0 aliphatic carbocycles. The number of nitrogens with zero attached hydrogens (tertiary/aromatic N) is 4. The molecule has 4 rings (SSSR count). The minimum Gasteiger partial charge on any atom is -0.335 e. The normalized spacial score (nSPS) is 14.1. The molecule has 1 aliphatic heterocycles. The Morgan fingerprint density at radius 1 is 0.941 bits per heavy atom. The number of benzene rings is 2. The standard InChI is InChI=1S/C24H25N5O4S/c1-18-7-8-20(34(32,33)27-16-19-5-3-2-4-6-19)15-21(18)23(30)28-11-13-29(14-12-28)24(31)22-17-25-9-10-26-22/h2-10,15,17,27H,11-14,16H2,1H3. The van der Waals surface area contributed by atoms with Gasteiger partial charge in [-0.15, -0.1) is 0 Å². The molecule has 0 radical (unpaired) electrons. The molecule has 2 amide bonds. The van der Waals surface area contributed by atoms with Crippen LogP contribution >= 0.6 is 0 Å². The molecular formula is C24H25N5O4S. The average molecular weight is 480 g/mol. The van der Waals surface area contributed by atoms with Gasteiger partial charge in [0.2, 0.25) is 10.0 Å². The summed E-state index contributed by atoms with van der Waals surface area (Å²) in [6, 6.07) is 13.8. The number of amides is 2. The van der Waals surface area contributed by atoms with E-state index in [9.17, 15) is 18.0 Å². The molecule has 0 bridgehead atoms. The molecule has 1 N–H and O–H groups in total. The van der Waals surface area contributed by atoms with Crippen molar-refractivity contribution >= 4 is 21.8 Å². The molecule has 176 valence electrons. The Morgan fingerprint density at radius 3 is 2.26 bits per heavy atom. The highest BCUT2D eigenvalue weighted by Gasteiger charge is 2.27. The fourth-order valence-corrected chi connectivity index (χ4v) is 4.75. The highest BCUT2D eigenvalue weighted by Crippen LogP contribution is 2.19. The third kappa shape index (κ3) is 5.29. The van der Waals surface area contributed by atoms with Crippen LogP contribution in [0.15, 0.2) is 72.0 Å². The van der Waals surface area contributed by atoms with Gasteiger partial charge in [0.25, 0.3) is 11.8 Å². The predicted molar refractivity (Wildman–Crippen MR) is 125 cm³/mol. The summed E-state index contributed by atoms with van der Waals surface area (Å²) in [4.78, 5) is 37.0. The van der Waals surface area contributed by atoms with Crippen molar-refractivity contribution in [2.45, 2.75) is 18.4 Å². The predicted octanol–water partition coefficient (Wildman–Crippen LogP) is 1.86. The van der Waals surface area contributed by atoms with Crippen LogP contribution in [0.25, 0.3) is 0 Å². The number of aromatic nitrogens is 2. The number of rotatable bonds is 6. The van der Waals surface area contributed by atoms with Crippen molar-refractivity contribution in [1.29, 1.82) is 0 Å². The van der Waals surface area contributed by atoms with Crippen molar-refractivity contribution in [3.8, 4) is 0 Å². The minimum absolute atomic E-state index is 0.0360. The van der Waals surface area contributed by atoms with Gasteiger partial charge in [-0.1, -0.05) is 36.4 Å². The fraction of sp³-hybridized carbons (Fsp3) is 0.250. The number of sulfonamides is 1. The Labute approximate surface area is 198 Å². The van der Waals surface area contributed by atoms with Crippen LogP contribution in [0, 0.1) is 6.92 Å². The number of piperazine rings is 1. The summed E-state index contributed by atoms with van der Waals surface area (Å²) in [7, 11) is -3.80. The summed E-state index contributed by atoms with van der Waals surface area (Å²) in [6.45, 7) is 3.33. The first-order valence-corrected chi connectivity index (χ1v) is 12.3. The molecule has 1 fully saturated rings. The lowest BCUT2D eigenvalue weighted by Crippen LogP contribution is -2.50. The number of carbonyl (C=O) groups excluding carboxylic acids is 2. The van der Waals surface area contributed by atoms with Crippen molar-refractivity contribution in [1.82, 2.24) is 24.5 Å². The molecule has 10 heteroatoms. The summed E-state index contributed by atoms with van der Waals surface area (Å²) in [5, 5.41) is 0. The van der Waals surface area contributed by atoms with Crippen LogP contribution in [0.5, 0.6) is 0 Å². The monoisotopic (exact) mass is 479 g/mol. The third-order valence-electron chi connectivity index (χ3n) is 5.70. The first-order chi connectivity index (χ1) is 16.3. The van der Waals surface area contributed by atoms with Crippen LogP contribution in [-0.4, -0.2) is 66.2 Å². The van der Waals surface area contributed by atoms with Gasteiger partial charge in [0.15, 0.2) is 0 Å². The summed E-state index contributed by atoms with van der Waals surface area (Å²) >= 11 is 0. The molecule has 1 aromatic heterocycles. The number of aryl methyl sites for hydroxylation is 1. The minimum atomic E-state index is -3.80. The Balaban J connectivity index is 1.43. The number of nitrogens with one attached hydrogen (secondary N) is 1. The number of hydrogen-bond donors (Lipinski definition) is 1. The summed E-state index contributed by atoms with van der Waals surface area (Å²) in [6.07, 6.45) is 4.38. The Kier molecular flexibility index (Phi) is 6.99. The molecule has 34 heavy (non-hydrogen) atoms. The summed E-state index contributed by atoms with van der Waals surface area (Å²) in [5.74, 6) is -0.488. The quantitative estimate of drug-likeness (QED) is 0.578. The largest absolute Gasteiger partial charge is 0.335 e. The lowest BCUT2D eigenvalue weighted by molar-refractivity contribution is 0.0531. The molecular weight excluding hydrogens is 454 g/mol. The molecule has 0 unspecified atom stereocenters. The van der Waals surface area contributed by atoms with Crippen LogP contribution < -0.4 is 4.72 Å². The molecule has 0 spiro atoms.